The molecule has 0 bridgehead atoms. The van der Waals surface area contributed by atoms with Crippen molar-refractivity contribution in [3.8, 4) is 0 Å². The number of hydrogen-bond acceptors (Lipinski definition) is 4. The SMILES string of the molecule is CC(C)(C)c1cc(NC(=O)c2c[nH]c(=O)cn2)n[nH]1. The van der Waals surface area contributed by atoms with Crippen LogP contribution in [0.4, 0.5) is 5.82 Å². The molecule has 2 rings (SSSR count). The van der Waals surface area contributed by atoms with Gasteiger partial charge in [-0.3, -0.25) is 14.7 Å². The normalized spacial score (nSPS) is 11.3. The first-order valence-electron chi connectivity index (χ1n) is 5.78. The van der Waals surface area contributed by atoms with Gasteiger partial charge in [-0.1, -0.05) is 20.8 Å². The molecule has 0 saturated carbocycles. The standard InChI is InChI=1S/C12H15N5O2/c1-12(2,3)8-4-9(17-16-8)15-11(19)7-5-14-10(18)6-13-7/h4-6H,1-3H3,(H,14,18)(H2,15,16,17,19). The van der Waals surface area contributed by atoms with Crippen molar-refractivity contribution in [2.75, 3.05) is 5.32 Å². The number of anilines is 1. The number of nitrogens with zero attached hydrogens (tertiary/aromatic N) is 2. The number of hydrogen-bond donors (Lipinski definition) is 3. The van der Waals surface area contributed by atoms with Crippen LogP contribution in [0.1, 0.15) is 37.0 Å². The minimum absolute atomic E-state index is 0.0772. The molecule has 100 valence electrons. The lowest BCUT2D eigenvalue weighted by Gasteiger charge is -2.14. The molecule has 0 aliphatic carbocycles. The Hall–Kier alpha value is -2.44. The Kier molecular flexibility index (Phi) is 3.20. The van der Waals surface area contributed by atoms with E-state index < -0.39 is 5.91 Å². The molecule has 2 aromatic heterocycles. The van der Waals surface area contributed by atoms with E-state index in [9.17, 15) is 9.59 Å². The van der Waals surface area contributed by atoms with E-state index in [1.807, 2.05) is 20.8 Å². The molecule has 0 aromatic carbocycles. The van der Waals surface area contributed by atoms with Crippen LogP contribution in [-0.4, -0.2) is 26.1 Å². The maximum atomic E-state index is 11.8. The zero-order chi connectivity index (χ0) is 14.0. The van der Waals surface area contributed by atoms with Crippen LogP contribution in [0.3, 0.4) is 0 Å². The maximum Gasteiger partial charge on any atom is 0.276 e. The number of aromatic nitrogens is 4. The molecule has 0 saturated heterocycles. The van der Waals surface area contributed by atoms with E-state index in [1.165, 1.54) is 6.20 Å². The largest absolute Gasteiger partial charge is 0.325 e. The van der Waals surface area contributed by atoms with E-state index in [2.05, 4.69) is 25.5 Å². The summed E-state index contributed by atoms with van der Waals surface area (Å²) in [5.41, 5.74) is 0.607. The van der Waals surface area contributed by atoms with Crippen molar-refractivity contribution in [3.05, 3.63) is 40.2 Å². The summed E-state index contributed by atoms with van der Waals surface area (Å²) in [6.45, 7) is 6.11. The van der Waals surface area contributed by atoms with Crippen molar-refractivity contribution >= 4 is 11.7 Å². The monoisotopic (exact) mass is 261 g/mol. The van der Waals surface area contributed by atoms with Gasteiger partial charge in [0, 0.05) is 23.4 Å². The molecule has 0 aliphatic heterocycles. The Balaban J connectivity index is 2.13. The van der Waals surface area contributed by atoms with Crippen molar-refractivity contribution in [1.29, 1.82) is 0 Å². The van der Waals surface area contributed by atoms with Crippen LogP contribution in [0, 0.1) is 0 Å². The molecule has 2 heterocycles. The summed E-state index contributed by atoms with van der Waals surface area (Å²) in [7, 11) is 0. The quantitative estimate of drug-likeness (QED) is 0.751. The first-order valence-corrected chi connectivity index (χ1v) is 5.78. The predicted octanol–water partition coefficient (Wildman–Crippen LogP) is 1.04. The van der Waals surface area contributed by atoms with Crippen LogP contribution in [0.5, 0.6) is 0 Å². The third kappa shape index (κ3) is 3.06. The highest BCUT2D eigenvalue weighted by molar-refractivity contribution is 6.02. The van der Waals surface area contributed by atoms with Gasteiger partial charge in [0.2, 0.25) is 0 Å². The van der Waals surface area contributed by atoms with Crippen molar-refractivity contribution in [2.24, 2.45) is 0 Å². The molecule has 3 N–H and O–H groups in total. The Labute approximate surface area is 109 Å². The van der Waals surface area contributed by atoms with E-state index in [0.717, 1.165) is 11.9 Å². The molecule has 0 unspecified atom stereocenters. The third-order valence-corrected chi connectivity index (χ3v) is 2.53. The fraction of sp³-hybridized carbons (Fsp3) is 0.333. The average molecular weight is 261 g/mol. The van der Waals surface area contributed by atoms with Gasteiger partial charge in [-0.15, -0.1) is 0 Å². The van der Waals surface area contributed by atoms with Gasteiger partial charge in [-0.25, -0.2) is 4.98 Å². The molecule has 1 amide bonds. The van der Waals surface area contributed by atoms with Crippen LogP contribution in [-0.2, 0) is 5.41 Å². The molecular weight excluding hydrogens is 246 g/mol. The second kappa shape index (κ2) is 4.68. The van der Waals surface area contributed by atoms with Crippen LogP contribution in [0.2, 0.25) is 0 Å². The van der Waals surface area contributed by atoms with Crippen LogP contribution in [0.15, 0.2) is 23.3 Å². The van der Waals surface area contributed by atoms with E-state index in [0.29, 0.717) is 5.82 Å². The summed E-state index contributed by atoms with van der Waals surface area (Å²) in [4.78, 5) is 28.8. The van der Waals surface area contributed by atoms with Gasteiger partial charge in [0.15, 0.2) is 5.82 Å². The number of rotatable bonds is 2. The average Bonchev–Trinajstić information content (AvgIpc) is 2.78. The first-order chi connectivity index (χ1) is 8.86. The van der Waals surface area contributed by atoms with Gasteiger partial charge >= 0.3 is 0 Å². The Morgan fingerprint density at radius 1 is 1.37 bits per heavy atom. The minimum atomic E-state index is -0.428. The van der Waals surface area contributed by atoms with E-state index >= 15 is 0 Å². The lowest BCUT2D eigenvalue weighted by molar-refractivity contribution is 0.102. The molecule has 0 spiro atoms. The van der Waals surface area contributed by atoms with Crippen LogP contribution < -0.4 is 10.9 Å². The Bertz CT molecular complexity index is 630. The lowest BCUT2D eigenvalue weighted by atomic mass is 9.92. The topological polar surface area (TPSA) is 104 Å². The van der Waals surface area contributed by atoms with E-state index in [-0.39, 0.29) is 16.7 Å². The summed E-state index contributed by atoms with van der Waals surface area (Å²) < 4.78 is 0. The number of H-pyrrole nitrogens is 2. The van der Waals surface area contributed by atoms with Gasteiger partial charge in [-0.05, 0) is 0 Å². The van der Waals surface area contributed by atoms with Crippen LogP contribution >= 0.6 is 0 Å². The summed E-state index contributed by atoms with van der Waals surface area (Å²) in [5, 5.41) is 9.48. The van der Waals surface area contributed by atoms with Gasteiger partial charge in [0.25, 0.3) is 11.5 Å². The smallest absolute Gasteiger partial charge is 0.276 e. The van der Waals surface area contributed by atoms with Gasteiger partial charge in [0.05, 0.1) is 6.20 Å². The van der Waals surface area contributed by atoms with Crippen molar-refractivity contribution in [3.63, 3.8) is 0 Å². The number of aromatic amines is 2. The fourth-order valence-corrected chi connectivity index (χ4v) is 1.42. The number of amides is 1. The Morgan fingerprint density at radius 3 is 2.63 bits per heavy atom. The molecule has 7 heteroatoms. The number of nitrogens with one attached hydrogen (secondary N) is 3. The van der Waals surface area contributed by atoms with Gasteiger partial charge in [-0.2, -0.15) is 5.10 Å². The highest BCUT2D eigenvalue weighted by atomic mass is 16.2. The summed E-state index contributed by atoms with van der Waals surface area (Å²) in [6.07, 6.45) is 2.31. The molecule has 0 atom stereocenters. The molecule has 7 nitrogen and oxygen atoms in total. The second-order valence-electron chi connectivity index (χ2n) is 5.17. The third-order valence-electron chi connectivity index (χ3n) is 2.53. The second-order valence-corrected chi connectivity index (χ2v) is 5.17. The number of carbonyl (C=O) groups excluding carboxylic acids is 1. The van der Waals surface area contributed by atoms with Crippen LogP contribution in [0.25, 0.3) is 0 Å². The first kappa shape index (κ1) is 13.0. The Morgan fingerprint density at radius 2 is 2.11 bits per heavy atom. The number of carbonyl (C=O) groups is 1. The van der Waals surface area contributed by atoms with Gasteiger partial charge < -0.3 is 10.3 Å². The fourth-order valence-electron chi connectivity index (χ4n) is 1.42. The summed E-state index contributed by atoms with van der Waals surface area (Å²) in [6, 6.07) is 1.77. The highest BCUT2D eigenvalue weighted by Crippen LogP contribution is 2.21. The molecule has 0 fully saturated rings. The van der Waals surface area contributed by atoms with E-state index in [4.69, 9.17) is 0 Å². The molecule has 2 aromatic rings. The minimum Gasteiger partial charge on any atom is -0.325 e. The molecule has 0 aliphatic rings. The molecule has 19 heavy (non-hydrogen) atoms. The van der Waals surface area contributed by atoms with Crippen molar-refractivity contribution < 1.29 is 4.79 Å². The van der Waals surface area contributed by atoms with Crippen molar-refractivity contribution in [2.45, 2.75) is 26.2 Å². The highest BCUT2D eigenvalue weighted by Gasteiger charge is 2.17. The lowest BCUT2D eigenvalue weighted by Crippen LogP contribution is -2.17. The predicted molar refractivity (Wildman–Crippen MR) is 70.1 cm³/mol. The summed E-state index contributed by atoms with van der Waals surface area (Å²) in [5.74, 6) is -0.00821. The molecule has 0 radical (unpaired) electrons. The van der Waals surface area contributed by atoms with E-state index in [1.54, 1.807) is 6.07 Å². The molecular formula is C12H15N5O2. The zero-order valence-electron chi connectivity index (χ0n) is 10.9. The maximum absolute atomic E-state index is 11.8. The van der Waals surface area contributed by atoms with Crippen molar-refractivity contribution in [1.82, 2.24) is 20.2 Å². The zero-order valence-corrected chi connectivity index (χ0v) is 10.9. The van der Waals surface area contributed by atoms with Gasteiger partial charge in [0.1, 0.15) is 5.69 Å². The summed E-state index contributed by atoms with van der Waals surface area (Å²) >= 11 is 0.